The van der Waals surface area contributed by atoms with Gasteiger partial charge in [0.25, 0.3) is 10.0 Å². The van der Waals surface area contributed by atoms with Crippen LogP contribution >= 0.6 is 22.7 Å². The maximum atomic E-state index is 14.0. The first-order valence-electron chi connectivity index (χ1n) is 11.1. The molecule has 1 aliphatic heterocycles. The smallest absolute Gasteiger partial charge is 0.253 e. The second-order valence-corrected chi connectivity index (χ2v) is 12.5. The molecule has 2 aromatic carbocycles. The number of fused-ring (bicyclic) bond motifs is 1. The van der Waals surface area contributed by atoms with Gasteiger partial charge in [-0.1, -0.05) is 53.8 Å². The number of benzene rings is 2. The first-order valence-corrected chi connectivity index (χ1v) is 14.3. The summed E-state index contributed by atoms with van der Waals surface area (Å²) in [6.07, 6.45) is 1.15. The van der Waals surface area contributed by atoms with Gasteiger partial charge >= 0.3 is 0 Å². The number of amides is 1. The fraction of sp³-hybridized carbons (Fsp3) is 0.280. The summed E-state index contributed by atoms with van der Waals surface area (Å²) in [5.74, 6) is -0.227. The minimum atomic E-state index is -3.73. The molecule has 1 unspecified atom stereocenters. The second kappa shape index (κ2) is 9.22. The number of nitrogens with zero attached hydrogens (tertiary/aromatic N) is 3. The highest BCUT2D eigenvalue weighted by Gasteiger charge is 2.42. The summed E-state index contributed by atoms with van der Waals surface area (Å²) < 4.78 is 29.3. The SMILES string of the molecule is Cc1ccc2sc(N(Cc3ccccc3)C(=O)C3CCCN3S(=O)(=O)c3cccs3)nc2c1C. The molecule has 9 heteroatoms. The zero-order valence-electron chi connectivity index (χ0n) is 19.0. The van der Waals surface area contributed by atoms with E-state index in [1.54, 1.807) is 22.4 Å². The van der Waals surface area contributed by atoms with Crippen molar-refractivity contribution < 1.29 is 13.2 Å². The van der Waals surface area contributed by atoms with Gasteiger partial charge in [0.15, 0.2) is 5.13 Å². The van der Waals surface area contributed by atoms with Crippen molar-refractivity contribution in [1.29, 1.82) is 0 Å². The highest BCUT2D eigenvalue weighted by Crippen LogP contribution is 2.35. The van der Waals surface area contributed by atoms with Crippen molar-refractivity contribution in [3.63, 3.8) is 0 Å². The van der Waals surface area contributed by atoms with Crippen LogP contribution in [0.2, 0.25) is 0 Å². The summed E-state index contributed by atoms with van der Waals surface area (Å²) in [6.45, 7) is 4.76. The van der Waals surface area contributed by atoms with E-state index in [9.17, 15) is 13.2 Å². The van der Waals surface area contributed by atoms with Gasteiger partial charge in [0.2, 0.25) is 5.91 Å². The Bertz CT molecular complexity index is 1430. The van der Waals surface area contributed by atoms with Crippen LogP contribution in [0.25, 0.3) is 10.2 Å². The minimum Gasteiger partial charge on any atom is -0.282 e. The Morgan fingerprint density at radius 3 is 2.65 bits per heavy atom. The van der Waals surface area contributed by atoms with E-state index in [0.717, 1.165) is 26.9 Å². The summed E-state index contributed by atoms with van der Waals surface area (Å²) in [4.78, 5) is 20.5. The maximum Gasteiger partial charge on any atom is 0.253 e. The molecule has 1 atom stereocenters. The molecule has 0 bridgehead atoms. The zero-order chi connectivity index (χ0) is 23.9. The number of rotatable bonds is 6. The number of thiophene rings is 1. The van der Waals surface area contributed by atoms with E-state index in [4.69, 9.17) is 4.98 Å². The number of hydrogen-bond acceptors (Lipinski definition) is 6. The number of carbonyl (C=O) groups is 1. The number of anilines is 1. The average molecular weight is 512 g/mol. The molecule has 34 heavy (non-hydrogen) atoms. The topological polar surface area (TPSA) is 70.6 Å². The highest BCUT2D eigenvalue weighted by molar-refractivity contribution is 7.91. The fourth-order valence-corrected chi connectivity index (χ4v) is 8.12. The van der Waals surface area contributed by atoms with E-state index < -0.39 is 16.1 Å². The number of aromatic nitrogens is 1. The molecule has 1 fully saturated rings. The van der Waals surface area contributed by atoms with Crippen LogP contribution in [0, 0.1) is 13.8 Å². The van der Waals surface area contributed by atoms with Crippen LogP contribution in [0.4, 0.5) is 5.13 Å². The zero-order valence-corrected chi connectivity index (χ0v) is 21.4. The Hall–Kier alpha value is -2.59. The fourth-order valence-electron chi connectivity index (χ4n) is 4.32. The van der Waals surface area contributed by atoms with Gasteiger partial charge in [0, 0.05) is 6.54 Å². The molecule has 2 aromatic heterocycles. The predicted molar refractivity (Wildman–Crippen MR) is 138 cm³/mol. The molecule has 1 amide bonds. The first-order chi connectivity index (χ1) is 16.4. The molecule has 0 radical (unpaired) electrons. The molecule has 0 saturated carbocycles. The molecule has 1 aliphatic rings. The Kier molecular flexibility index (Phi) is 6.28. The summed E-state index contributed by atoms with van der Waals surface area (Å²) in [7, 11) is -3.73. The number of aryl methyl sites for hydroxylation is 2. The third kappa shape index (κ3) is 4.17. The molecule has 3 heterocycles. The Morgan fingerprint density at radius 2 is 1.91 bits per heavy atom. The summed E-state index contributed by atoms with van der Waals surface area (Å²) >= 11 is 2.65. The third-order valence-corrected chi connectivity index (χ3v) is 10.6. The van der Waals surface area contributed by atoms with Gasteiger partial charge in [-0.3, -0.25) is 9.69 Å². The van der Waals surface area contributed by atoms with E-state index >= 15 is 0 Å². The van der Waals surface area contributed by atoms with Crippen molar-refractivity contribution in [2.24, 2.45) is 0 Å². The lowest BCUT2D eigenvalue weighted by molar-refractivity contribution is -0.121. The molecule has 0 spiro atoms. The second-order valence-electron chi connectivity index (χ2n) is 8.47. The van der Waals surface area contributed by atoms with Crippen molar-refractivity contribution in [1.82, 2.24) is 9.29 Å². The molecule has 0 N–H and O–H groups in total. The molecule has 4 aromatic rings. The van der Waals surface area contributed by atoms with Crippen molar-refractivity contribution in [2.45, 2.75) is 43.5 Å². The number of hydrogen-bond donors (Lipinski definition) is 0. The Labute approximate surface area is 207 Å². The quantitative estimate of drug-likeness (QED) is 0.349. The summed E-state index contributed by atoms with van der Waals surface area (Å²) in [5, 5.41) is 2.34. The lowest BCUT2D eigenvalue weighted by Gasteiger charge is -2.28. The molecular weight excluding hydrogens is 486 g/mol. The number of sulfonamides is 1. The van der Waals surface area contributed by atoms with Crippen LogP contribution in [-0.4, -0.2) is 36.2 Å². The van der Waals surface area contributed by atoms with E-state index in [2.05, 4.69) is 6.07 Å². The van der Waals surface area contributed by atoms with Gasteiger partial charge < -0.3 is 0 Å². The van der Waals surface area contributed by atoms with Crippen molar-refractivity contribution in [2.75, 3.05) is 11.4 Å². The van der Waals surface area contributed by atoms with Crippen LogP contribution in [0.5, 0.6) is 0 Å². The summed E-state index contributed by atoms with van der Waals surface area (Å²) in [6, 6.07) is 16.4. The van der Waals surface area contributed by atoms with Gasteiger partial charge in [0.1, 0.15) is 10.3 Å². The van der Waals surface area contributed by atoms with Crippen LogP contribution < -0.4 is 4.90 Å². The molecule has 1 saturated heterocycles. The molecule has 5 rings (SSSR count). The average Bonchev–Trinajstić information content (AvgIpc) is 3.61. The van der Waals surface area contributed by atoms with Crippen LogP contribution in [-0.2, 0) is 21.4 Å². The van der Waals surface area contributed by atoms with E-state index in [1.807, 2.05) is 50.2 Å². The van der Waals surface area contributed by atoms with Gasteiger partial charge in [-0.2, -0.15) is 4.31 Å². The maximum absolute atomic E-state index is 14.0. The normalized spacial score (nSPS) is 16.8. The molecule has 176 valence electrons. The first kappa shape index (κ1) is 23.2. The van der Waals surface area contributed by atoms with Crippen LogP contribution in [0.1, 0.15) is 29.5 Å². The lowest BCUT2D eigenvalue weighted by atomic mass is 10.1. The molecule has 6 nitrogen and oxygen atoms in total. The summed E-state index contributed by atoms with van der Waals surface area (Å²) in [5.41, 5.74) is 4.10. The van der Waals surface area contributed by atoms with Crippen LogP contribution in [0.3, 0.4) is 0 Å². The number of thiazole rings is 1. The van der Waals surface area contributed by atoms with Crippen molar-refractivity contribution >= 4 is 54.0 Å². The molecular formula is C25H25N3O3S3. The van der Waals surface area contributed by atoms with Crippen LogP contribution in [0.15, 0.2) is 64.2 Å². The van der Waals surface area contributed by atoms with Gasteiger partial charge in [-0.25, -0.2) is 13.4 Å². The minimum absolute atomic E-state index is 0.227. The third-order valence-electron chi connectivity index (χ3n) is 6.30. The van der Waals surface area contributed by atoms with Crippen molar-refractivity contribution in [3.8, 4) is 0 Å². The monoisotopic (exact) mass is 511 g/mol. The predicted octanol–water partition coefficient (Wildman–Crippen LogP) is 5.36. The standard InChI is InChI=1S/C25H25N3O3S3/c1-17-12-13-21-23(18(17)2)26-25(33-21)27(16-19-8-4-3-5-9-19)24(29)20-10-6-14-28(20)34(30,31)22-11-7-15-32-22/h3-5,7-9,11-13,15,20H,6,10,14,16H2,1-2H3. The van der Waals surface area contributed by atoms with Crippen molar-refractivity contribution in [3.05, 3.63) is 76.7 Å². The van der Waals surface area contributed by atoms with Gasteiger partial charge in [-0.15, -0.1) is 11.3 Å². The van der Waals surface area contributed by atoms with Gasteiger partial charge in [-0.05, 0) is 60.9 Å². The Balaban J connectivity index is 1.55. The van der Waals surface area contributed by atoms with E-state index in [1.165, 1.54) is 27.0 Å². The van der Waals surface area contributed by atoms with E-state index in [-0.39, 0.29) is 10.1 Å². The Morgan fingerprint density at radius 1 is 1.12 bits per heavy atom. The van der Waals surface area contributed by atoms with Gasteiger partial charge in [0.05, 0.1) is 16.8 Å². The highest BCUT2D eigenvalue weighted by atomic mass is 32.2. The largest absolute Gasteiger partial charge is 0.282 e. The molecule has 0 aliphatic carbocycles. The number of carbonyl (C=O) groups excluding carboxylic acids is 1. The lowest BCUT2D eigenvalue weighted by Crippen LogP contribution is -2.47. The van der Waals surface area contributed by atoms with E-state index in [0.29, 0.717) is 31.1 Å².